The summed E-state index contributed by atoms with van der Waals surface area (Å²) in [7, 11) is -3.77. The number of carbonyl (C=O) groups excluding carboxylic acids is 1. The van der Waals surface area contributed by atoms with Gasteiger partial charge in [0.1, 0.15) is 0 Å². The summed E-state index contributed by atoms with van der Waals surface area (Å²) in [5.41, 5.74) is 2.71. The molecule has 0 radical (unpaired) electrons. The number of hydrogen-bond donors (Lipinski definition) is 2. The van der Waals surface area contributed by atoms with Crippen molar-refractivity contribution in [2.45, 2.75) is 24.7 Å². The molecule has 0 unspecified atom stereocenters. The van der Waals surface area contributed by atoms with Crippen LogP contribution in [0.5, 0.6) is 0 Å². The van der Waals surface area contributed by atoms with Crippen LogP contribution in [0.1, 0.15) is 17.5 Å². The van der Waals surface area contributed by atoms with Crippen LogP contribution in [0.15, 0.2) is 77.7 Å². The summed E-state index contributed by atoms with van der Waals surface area (Å²) in [6.07, 6.45) is 0.988. The van der Waals surface area contributed by atoms with Crippen molar-refractivity contribution in [3.8, 4) is 0 Å². The van der Waals surface area contributed by atoms with Gasteiger partial charge in [-0.25, -0.2) is 8.42 Å². The second-order valence-electron chi connectivity index (χ2n) is 6.58. The summed E-state index contributed by atoms with van der Waals surface area (Å²) < 4.78 is 27.8. The van der Waals surface area contributed by atoms with Crippen molar-refractivity contribution in [2.24, 2.45) is 0 Å². The maximum Gasteiger partial charge on any atom is 0.261 e. The lowest BCUT2D eigenvalue weighted by molar-refractivity contribution is -0.116. The molecule has 1 amide bonds. The SMILES string of the molecule is Cc1c(Cl)cccc1NS(=O)(=O)c1ccc(NC(=O)CCc2ccccc2)cc1. The fraction of sp³-hybridized carbons (Fsp3) is 0.136. The van der Waals surface area contributed by atoms with Crippen molar-refractivity contribution in [3.05, 3.63) is 88.9 Å². The van der Waals surface area contributed by atoms with Gasteiger partial charge in [-0.2, -0.15) is 0 Å². The molecule has 0 fully saturated rings. The number of sulfonamides is 1. The summed E-state index contributed by atoms with van der Waals surface area (Å²) in [6, 6.07) is 20.8. The molecular weight excluding hydrogens is 408 g/mol. The Labute approximate surface area is 175 Å². The molecule has 0 heterocycles. The summed E-state index contributed by atoms with van der Waals surface area (Å²) in [5, 5.41) is 3.27. The predicted octanol–water partition coefficient (Wildman–Crippen LogP) is 5.02. The molecule has 0 spiro atoms. The Morgan fingerprint density at radius 3 is 2.31 bits per heavy atom. The van der Waals surface area contributed by atoms with Gasteiger partial charge in [-0.15, -0.1) is 0 Å². The molecule has 150 valence electrons. The van der Waals surface area contributed by atoms with Crippen molar-refractivity contribution in [2.75, 3.05) is 10.0 Å². The van der Waals surface area contributed by atoms with Gasteiger partial charge in [0.2, 0.25) is 5.91 Å². The Kier molecular flexibility index (Phi) is 6.56. The molecule has 0 aliphatic heterocycles. The summed E-state index contributed by atoms with van der Waals surface area (Å²) >= 11 is 6.05. The first-order chi connectivity index (χ1) is 13.8. The zero-order chi connectivity index (χ0) is 20.9. The third kappa shape index (κ3) is 5.59. The number of rotatable bonds is 7. The van der Waals surface area contributed by atoms with E-state index in [0.717, 1.165) is 5.56 Å². The predicted molar refractivity (Wildman–Crippen MR) is 117 cm³/mol. The van der Waals surface area contributed by atoms with Gasteiger partial charge in [-0.1, -0.05) is 48.0 Å². The first-order valence-corrected chi connectivity index (χ1v) is 10.9. The highest BCUT2D eigenvalue weighted by atomic mass is 35.5. The zero-order valence-electron chi connectivity index (χ0n) is 15.9. The normalized spacial score (nSPS) is 11.1. The molecule has 0 aromatic heterocycles. The Morgan fingerprint density at radius 2 is 1.62 bits per heavy atom. The molecule has 0 atom stereocenters. The maximum atomic E-state index is 12.6. The molecule has 0 saturated carbocycles. The van der Waals surface area contributed by atoms with Crippen LogP contribution in [0.3, 0.4) is 0 Å². The minimum Gasteiger partial charge on any atom is -0.326 e. The highest BCUT2D eigenvalue weighted by Crippen LogP contribution is 2.26. The topological polar surface area (TPSA) is 75.3 Å². The van der Waals surface area contributed by atoms with Crippen molar-refractivity contribution in [1.29, 1.82) is 0 Å². The highest BCUT2D eigenvalue weighted by Gasteiger charge is 2.16. The smallest absolute Gasteiger partial charge is 0.261 e. The van der Waals surface area contributed by atoms with Crippen LogP contribution in [-0.2, 0) is 21.2 Å². The molecule has 7 heteroatoms. The third-order valence-corrected chi connectivity index (χ3v) is 6.23. The standard InChI is InChI=1S/C22H21ClN2O3S/c1-16-20(23)8-5-9-21(16)25-29(27,28)19-13-11-18(12-14-19)24-22(26)15-10-17-6-3-2-4-7-17/h2-9,11-14,25H,10,15H2,1H3,(H,24,26). The number of hydrogen-bond acceptors (Lipinski definition) is 3. The number of amides is 1. The van der Waals surface area contributed by atoms with E-state index in [1.165, 1.54) is 12.1 Å². The molecule has 0 bridgehead atoms. The number of aryl methyl sites for hydroxylation is 1. The number of benzene rings is 3. The van der Waals surface area contributed by atoms with Crippen LogP contribution in [0.25, 0.3) is 0 Å². The van der Waals surface area contributed by atoms with Gasteiger partial charge in [0.15, 0.2) is 0 Å². The second-order valence-corrected chi connectivity index (χ2v) is 8.67. The lowest BCUT2D eigenvalue weighted by Gasteiger charge is -2.12. The van der Waals surface area contributed by atoms with E-state index in [4.69, 9.17) is 11.6 Å². The lowest BCUT2D eigenvalue weighted by Crippen LogP contribution is -2.15. The van der Waals surface area contributed by atoms with Gasteiger partial charge in [0.25, 0.3) is 10.0 Å². The van der Waals surface area contributed by atoms with Crippen LogP contribution in [0, 0.1) is 6.92 Å². The summed E-state index contributed by atoms with van der Waals surface area (Å²) in [5.74, 6) is -0.128. The van der Waals surface area contributed by atoms with Crippen molar-refractivity contribution >= 4 is 38.9 Å². The van der Waals surface area contributed by atoms with E-state index >= 15 is 0 Å². The molecular formula is C22H21ClN2O3S. The number of anilines is 2. The Morgan fingerprint density at radius 1 is 0.931 bits per heavy atom. The van der Waals surface area contributed by atoms with Crippen molar-refractivity contribution in [1.82, 2.24) is 0 Å². The first-order valence-electron chi connectivity index (χ1n) is 9.07. The molecule has 0 aliphatic rings. The van der Waals surface area contributed by atoms with Crippen LogP contribution in [0.2, 0.25) is 5.02 Å². The summed E-state index contributed by atoms with van der Waals surface area (Å²) in [6.45, 7) is 1.74. The van der Waals surface area contributed by atoms with Crippen LogP contribution >= 0.6 is 11.6 Å². The van der Waals surface area contributed by atoms with E-state index < -0.39 is 10.0 Å². The molecule has 2 N–H and O–H groups in total. The molecule has 0 aliphatic carbocycles. The minimum absolute atomic E-state index is 0.0964. The van der Waals surface area contributed by atoms with E-state index in [1.807, 2.05) is 30.3 Å². The fourth-order valence-electron chi connectivity index (χ4n) is 2.77. The zero-order valence-corrected chi connectivity index (χ0v) is 17.4. The molecule has 3 aromatic carbocycles. The van der Waals surface area contributed by atoms with Gasteiger partial charge in [-0.3, -0.25) is 9.52 Å². The van der Waals surface area contributed by atoms with E-state index in [9.17, 15) is 13.2 Å². The molecule has 29 heavy (non-hydrogen) atoms. The highest BCUT2D eigenvalue weighted by molar-refractivity contribution is 7.92. The van der Waals surface area contributed by atoms with Crippen molar-refractivity contribution in [3.63, 3.8) is 0 Å². The van der Waals surface area contributed by atoms with Crippen molar-refractivity contribution < 1.29 is 13.2 Å². The molecule has 5 nitrogen and oxygen atoms in total. The van der Waals surface area contributed by atoms with Gasteiger partial charge in [0, 0.05) is 17.1 Å². The molecule has 3 rings (SSSR count). The Bertz CT molecular complexity index is 1100. The molecule has 3 aromatic rings. The van der Waals surface area contributed by atoms with Crippen LogP contribution in [0.4, 0.5) is 11.4 Å². The van der Waals surface area contributed by atoms with Gasteiger partial charge in [-0.05, 0) is 60.9 Å². The van der Waals surface area contributed by atoms with E-state index in [-0.39, 0.29) is 10.8 Å². The lowest BCUT2D eigenvalue weighted by atomic mass is 10.1. The Balaban J connectivity index is 1.63. The average Bonchev–Trinajstić information content (AvgIpc) is 2.71. The molecule has 0 saturated heterocycles. The number of nitrogens with one attached hydrogen (secondary N) is 2. The van der Waals surface area contributed by atoms with E-state index in [1.54, 1.807) is 37.3 Å². The second kappa shape index (κ2) is 9.11. The quantitative estimate of drug-likeness (QED) is 0.554. The Hall–Kier alpha value is -2.83. The first kappa shape index (κ1) is 20.9. The van der Waals surface area contributed by atoms with Gasteiger partial charge < -0.3 is 5.32 Å². The van der Waals surface area contributed by atoms with E-state index in [0.29, 0.717) is 34.8 Å². The van der Waals surface area contributed by atoms with Gasteiger partial charge in [0.05, 0.1) is 10.6 Å². The van der Waals surface area contributed by atoms with Gasteiger partial charge >= 0.3 is 0 Å². The number of halogens is 1. The van der Waals surface area contributed by atoms with E-state index in [2.05, 4.69) is 10.0 Å². The minimum atomic E-state index is -3.77. The number of carbonyl (C=O) groups is 1. The van der Waals surface area contributed by atoms with Crippen LogP contribution in [-0.4, -0.2) is 14.3 Å². The summed E-state index contributed by atoms with van der Waals surface area (Å²) in [4.78, 5) is 12.2. The third-order valence-electron chi connectivity index (χ3n) is 4.44. The monoisotopic (exact) mass is 428 g/mol. The largest absolute Gasteiger partial charge is 0.326 e. The maximum absolute atomic E-state index is 12.6. The fourth-order valence-corrected chi connectivity index (χ4v) is 4.06. The average molecular weight is 429 g/mol. The van der Waals surface area contributed by atoms with Crippen LogP contribution < -0.4 is 10.0 Å².